The predicted molar refractivity (Wildman–Crippen MR) is 57.8 cm³/mol. The van der Waals surface area contributed by atoms with E-state index >= 15 is 0 Å². The molecule has 2 amide bonds. The number of carboxylic acids is 1. The van der Waals surface area contributed by atoms with E-state index in [1.165, 1.54) is 11.8 Å². The van der Waals surface area contributed by atoms with Crippen molar-refractivity contribution in [3.63, 3.8) is 0 Å². The average molecular weight is 216 g/mol. The molecule has 1 unspecified atom stereocenters. The second-order valence-electron chi connectivity index (χ2n) is 4.23. The predicted octanol–water partition coefficient (Wildman–Crippen LogP) is 1.29. The third kappa shape index (κ3) is 3.77. The topological polar surface area (TPSA) is 69.6 Å². The molecule has 15 heavy (non-hydrogen) atoms. The van der Waals surface area contributed by atoms with Crippen molar-refractivity contribution < 1.29 is 14.7 Å². The van der Waals surface area contributed by atoms with Crippen LogP contribution >= 0.6 is 0 Å². The summed E-state index contributed by atoms with van der Waals surface area (Å²) in [6.07, 6.45) is 0.804. The van der Waals surface area contributed by atoms with Crippen molar-refractivity contribution in [2.45, 2.75) is 45.7 Å². The first-order valence-electron chi connectivity index (χ1n) is 4.99. The number of urea groups is 1. The normalized spacial score (nSPS) is 13.1. The molecule has 5 nitrogen and oxygen atoms in total. The van der Waals surface area contributed by atoms with Crippen molar-refractivity contribution in [1.82, 2.24) is 10.2 Å². The fourth-order valence-electron chi connectivity index (χ4n) is 0.856. The molecule has 88 valence electrons. The summed E-state index contributed by atoms with van der Waals surface area (Å²) in [5, 5.41) is 11.0. The first-order chi connectivity index (χ1) is 6.72. The van der Waals surface area contributed by atoms with Gasteiger partial charge in [0.05, 0.1) is 0 Å². The highest BCUT2D eigenvalue weighted by atomic mass is 16.4. The van der Waals surface area contributed by atoms with E-state index in [1.54, 1.807) is 7.05 Å². The Morgan fingerprint density at radius 1 is 1.47 bits per heavy atom. The van der Waals surface area contributed by atoms with E-state index in [-0.39, 0.29) is 11.6 Å². The molecule has 0 aliphatic heterocycles. The lowest BCUT2D eigenvalue weighted by Crippen LogP contribution is -2.52. The van der Waals surface area contributed by atoms with E-state index in [0.717, 1.165) is 6.42 Å². The molecule has 0 aromatic heterocycles. The minimum Gasteiger partial charge on any atom is -0.480 e. The molecule has 0 aliphatic carbocycles. The largest absolute Gasteiger partial charge is 0.480 e. The monoisotopic (exact) mass is 216 g/mol. The zero-order valence-electron chi connectivity index (χ0n) is 10.00. The second-order valence-corrected chi connectivity index (χ2v) is 4.23. The zero-order valence-corrected chi connectivity index (χ0v) is 10.00. The number of aliphatic carboxylic acids is 1. The highest BCUT2D eigenvalue weighted by Gasteiger charge is 2.27. The molecule has 0 saturated heterocycles. The van der Waals surface area contributed by atoms with Crippen LogP contribution in [0.25, 0.3) is 0 Å². The first-order valence-corrected chi connectivity index (χ1v) is 4.99. The van der Waals surface area contributed by atoms with Gasteiger partial charge in [0.15, 0.2) is 0 Å². The van der Waals surface area contributed by atoms with Crippen LogP contribution in [0.1, 0.15) is 34.1 Å². The summed E-state index contributed by atoms with van der Waals surface area (Å²) < 4.78 is 0. The molecule has 0 aromatic rings. The maximum absolute atomic E-state index is 11.6. The van der Waals surface area contributed by atoms with Crippen LogP contribution in [0, 0.1) is 0 Å². The van der Waals surface area contributed by atoms with E-state index in [2.05, 4.69) is 5.32 Å². The van der Waals surface area contributed by atoms with Gasteiger partial charge in [-0.2, -0.15) is 0 Å². The fraction of sp³-hybridized carbons (Fsp3) is 0.800. The first kappa shape index (κ1) is 13.7. The quantitative estimate of drug-likeness (QED) is 0.744. The van der Waals surface area contributed by atoms with Gasteiger partial charge in [-0.3, -0.25) is 4.79 Å². The van der Waals surface area contributed by atoms with Crippen LogP contribution in [-0.2, 0) is 4.79 Å². The highest BCUT2D eigenvalue weighted by molar-refractivity contribution is 5.82. The molecule has 1 atom stereocenters. The Bertz CT molecular complexity index is 251. The zero-order chi connectivity index (χ0) is 12.2. The summed E-state index contributed by atoms with van der Waals surface area (Å²) in [6, 6.07) is -1.23. The molecule has 0 heterocycles. The fourth-order valence-corrected chi connectivity index (χ4v) is 0.856. The maximum atomic E-state index is 11.6. The lowest BCUT2D eigenvalue weighted by Gasteiger charge is -2.35. The molecule has 0 fully saturated rings. The van der Waals surface area contributed by atoms with Crippen molar-refractivity contribution in [2.75, 3.05) is 7.05 Å². The minimum atomic E-state index is -1.04. The third-order valence-corrected chi connectivity index (χ3v) is 2.79. The molecule has 0 aromatic carbocycles. The van der Waals surface area contributed by atoms with E-state index < -0.39 is 12.0 Å². The summed E-state index contributed by atoms with van der Waals surface area (Å²) in [6.45, 7) is 7.27. The molecule has 0 rings (SSSR count). The second kappa shape index (κ2) is 5.00. The Morgan fingerprint density at radius 3 is 2.27 bits per heavy atom. The minimum absolute atomic E-state index is 0.275. The summed E-state index contributed by atoms with van der Waals surface area (Å²) in [5.41, 5.74) is -0.275. The third-order valence-electron chi connectivity index (χ3n) is 2.79. The maximum Gasteiger partial charge on any atom is 0.325 e. The van der Waals surface area contributed by atoms with Gasteiger partial charge in [-0.25, -0.2) is 4.79 Å². The summed E-state index contributed by atoms with van der Waals surface area (Å²) >= 11 is 0. The summed E-state index contributed by atoms with van der Waals surface area (Å²) in [4.78, 5) is 23.7. The molecule has 5 heteroatoms. The molecule has 0 radical (unpaired) electrons. The molecule has 0 saturated carbocycles. The van der Waals surface area contributed by atoms with Gasteiger partial charge in [0.25, 0.3) is 0 Å². The van der Waals surface area contributed by atoms with E-state index in [9.17, 15) is 9.59 Å². The summed E-state index contributed by atoms with van der Waals surface area (Å²) in [5.74, 6) is -1.04. The molecule has 2 N–H and O–H groups in total. The lowest BCUT2D eigenvalue weighted by atomic mass is 10.0. The Balaban J connectivity index is 4.40. The van der Waals surface area contributed by atoms with Crippen molar-refractivity contribution in [1.29, 1.82) is 0 Å². The lowest BCUT2D eigenvalue weighted by molar-refractivity contribution is -0.138. The Hall–Kier alpha value is -1.26. The molecular formula is C10H20N2O3. The smallest absolute Gasteiger partial charge is 0.325 e. The van der Waals surface area contributed by atoms with Crippen LogP contribution < -0.4 is 5.32 Å². The van der Waals surface area contributed by atoms with Gasteiger partial charge in [-0.05, 0) is 27.2 Å². The Morgan fingerprint density at radius 2 is 1.93 bits per heavy atom. The van der Waals surface area contributed by atoms with Crippen LogP contribution in [0.4, 0.5) is 4.79 Å². The van der Waals surface area contributed by atoms with Gasteiger partial charge in [0, 0.05) is 12.6 Å². The molecular weight excluding hydrogens is 196 g/mol. The van der Waals surface area contributed by atoms with Crippen LogP contribution in [0.3, 0.4) is 0 Å². The number of nitrogens with zero attached hydrogens (tertiary/aromatic N) is 1. The van der Waals surface area contributed by atoms with Gasteiger partial charge >= 0.3 is 12.0 Å². The van der Waals surface area contributed by atoms with E-state index in [0.29, 0.717) is 0 Å². The van der Waals surface area contributed by atoms with Gasteiger partial charge in [-0.15, -0.1) is 0 Å². The average Bonchev–Trinajstić information content (AvgIpc) is 2.16. The molecule has 0 bridgehead atoms. The van der Waals surface area contributed by atoms with Crippen LogP contribution in [0.15, 0.2) is 0 Å². The molecule has 0 spiro atoms. The SMILES string of the molecule is CCC(C)(C)N(C)C(=O)NC(C)C(=O)O. The number of nitrogens with one attached hydrogen (secondary N) is 1. The van der Waals surface area contributed by atoms with Gasteiger partial charge < -0.3 is 15.3 Å². The standard InChI is InChI=1S/C10H20N2O3/c1-6-10(3,4)12(5)9(15)11-7(2)8(13)14/h7H,6H2,1-5H3,(H,11,15)(H,13,14). The number of carbonyl (C=O) groups excluding carboxylic acids is 1. The van der Waals surface area contributed by atoms with Crippen molar-refractivity contribution in [2.24, 2.45) is 0 Å². The van der Waals surface area contributed by atoms with Crippen molar-refractivity contribution in [3.8, 4) is 0 Å². The number of carbonyl (C=O) groups is 2. The number of hydrogen-bond donors (Lipinski definition) is 2. The van der Waals surface area contributed by atoms with Crippen molar-refractivity contribution in [3.05, 3.63) is 0 Å². The number of rotatable bonds is 4. The van der Waals surface area contributed by atoms with Crippen LogP contribution in [-0.4, -0.2) is 40.6 Å². The van der Waals surface area contributed by atoms with Crippen LogP contribution in [0.2, 0.25) is 0 Å². The van der Waals surface area contributed by atoms with Gasteiger partial charge in [0.1, 0.15) is 6.04 Å². The van der Waals surface area contributed by atoms with Crippen molar-refractivity contribution >= 4 is 12.0 Å². The summed E-state index contributed by atoms with van der Waals surface area (Å²) in [7, 11) is 1.66. The Kier molecular flexibility index (Phi) is 4.58. The Labute approximate surface area is 90.5 Å². The van der Waals surface area contributed by atoms with E-state index in [4.69, 9.17) is 5.11 Å². The van der Waals surface area contributed by atoms with Gasteiger partial charge in [0.2, 0.25) is 0 Å². The molecule has 0 aliphatic rings. The van der Waals surface area contributed by atoms with Crippen LogP contribution in [0.5, 0.6) is 0 Å². The number of amides is 2. The van der Waals surface area contributed by atoms with Gasteiger partial charge in [-0.1, -0.05) is 6.92 Å². The van der Waals surface area contributed by atoms with E-state index in [1.807, 2.05) is 20.8 Å². The highest BCUT2D eigenvalue weighted by Crippen LogP contribution is 2.16. The number of hydrogen-bond acceptors (Lipinski definition) is 2. The number of carboxylic acid groups (broad SMARTS) is 1.